The Morgan fingerprint density at radius 1 is 1.00 bits per heavy atom. The van der Waals surface area contributed by atoms with Gasteiger partial charge in [-0.05, 0) is 46.9 Å². The van der Waals surface area contributed by atoms with E-state index in [1.807, 2.05) is 36.4 Å². The molecule has 28 heavy (non-hydrogen) atoms. The number of hydrogen-bond donors (Lipinski definition) is 0. The van der Waals surface area contributed by atoms with Crippen LogP contribution in [0, 0.1) is 6.92 Å². The highest BCUT2D eigenvalue weighted by Crippen LogP contribution is 2.41. The first kappa shape index (κ1) is 18.1. The maximum atomic E-state index is 5.88. The van der Waals surface area contributed by atoms with Gasteiger partial charge in [0.05, 0.1) is 12.2 Å². The largest absolute Gasteiger partial charge is 0.341 e. The molecule has 2 heterocycles. The number of allylic oxidation sites excluding steroid dienone is 3. The lowest BCUT2D eigenvalue weighted by Crippen LogP contribution is -2.23. The van der Waals surface area contributed by atoms with Crippen molar-refractivity contribution < 1.29 is 0 Å². The normalized spacial score (nSPS) is 13.1. The second-order valence-corrected chi connectivity index (χ2v) is 7.01. The number of nitrogens with zero attached hydrogens (tertiary/aromatic N) is 2. The number of para-hydroxylation sites is 1. The number of benzene rings is 2. The first-order valence-electron chi connectivity index (χ1n) is 9.28. The van der Waals surface area contributed by atoms with Crippen molar-refractivity contribution in [3.05, 3.63) is 114 Å². The Morgan fingerprint density at radius 2 is 1.75 bits per heavy atom. The smallest absolute Gasteiger partial charge is 0.141 e. The fraction of sp³-hybridized carbons (Fsp3) is 0.0800. The molecule has 0 saturated carbocycles. The number of hydrogen-bond acceptors (Lipinski definition) is 2. The van der Waals surface area contributed by atoms with Gasteiger partial charge < -0.3 is 4.90 Å². The Kier molecular flexibility index (Phi) is 4.74. The highest BCUT2D eigenvalue weighted by atomic mass is 15.1. The Balaban J connectivity index is 1.78. The van der Waals surface area contributed by atoms with Gasteiger partial charge in [-0.15, -0.1) is 0 Å². The van der Waals surface area contributed by atoms with Gasteiger partial charge >= 0.3 is 0 Å². The predicted molar refractivity (Wildman–Crippen MR) is 120 cm³/mol. The van der Waals surface area contributed by atoms with Crippen molar-refractivity contribution in [2.24, 2.45) is 0 Å². The van der Waals surface area contributed by atoms with Crippen LogP contribution >= 0.6 is 0 Å². The molecular formula is C25H21BN2. The van der Waals surface area contributed by atoms with Crippen LogP contribution in [-0.2, 0) is 6.54 Å². The molecule has 0 amide bonds. The molecule has 134 valence electrons. The molecule has 0 N–H and O–H groups in total. The third-order valence-corrected chi connectivity index (χ3v) is 5.10. The molecule has 0 fully saturated rings. The lowest BCUT2D eigenvalue weighted by Gasteiger charge is -2.31. The second kappa shape index (κ2) is 7.36. The van der Waals surface area contributed by atoms with Crippen molar-refractivity contribution in [1.29, 1.82) is 0 Å². The van der Waals surface area contributed by atoms with Gasteiger partial charge in [-0.3, -0.25) is 4.98 Å². The monoisotopic (exact) mass is 360 g/mol. The van der Waals surface area contributed by atoms with Crippen LogP contribution in [0.15, 0.2) is 91.7 Å². The van der Waals surface area contributed by atoms with E-state index >= 15 is 0 Å². The Bertz CT molecular complexity index is 1110. The number of anilines is 1. The van der Waals surface area contributed by atoms with E-state index in [1.54, 1.807) is 6.07 Å². The molecule has 4 rings (SSSR count). The van der Waals surface area contributed by atoms with Crippen LogP contribution in [-0.4, -0.2) is 12.8 Å². The Labute approximate surface area is 168 Å². The molecule has 0 aliphatic carbocycles. The fourth-order valence-corrected chi connectivity index (χ4v) is 3.64. The van der Waals surface area contributed by atoms with Crippen molar-refractivity contribution in [3.63, 3.8) is 0 Å². The van der Waals surface area contributed by atoms with Gasteiger partial charge in [0, 0.05) is 23.0 Å². The summed E-state index contributed by atoms with van der Waals surface area (Å²) < 4.78 is 0. The molecule has 3 heteroatoms. The van der Waals surface area contributed by atoms with Gasteiger partial charge in [0.1, 0.15) is 7.85 Å². The molecule has 0 spiro atoms. The highest BCUT2D eigenvalue weighted by Gasteiger charge is 2.23. The molecule has 0 unspecified atom stereocenters. The van der Waals surface area contributed by atoms with Crippen molar-refractivity contribution >= 4 is 30.3 Å². The zero-order valence-corrected chi connectivity index (χ0v) is 16.0. The van der Waals surface area contributed by atoms with Gasteiger partial charge in [0.25, 0.3) is 0 Å². The van der Waals surface area contributed by atoms with Crippen molar-refractivity contribution in [1.82, 2.24) is 4.98 Å². The number of aromatic nitrogens is 1. The third kappa shape index (κ3) is 3.32. The van der Waals surface area contributed by atoms with Crippen molar-refractivity contribution in [2.45, 2.75) is 13.5 Å². The summed E-state index contributed by atoms with van der Waals surface area (Å²) in [6.45, 7) is 11.5. The molecular weight excluding hydrogens is 339 g/mol. The van der Waals surface area contributed by atoms with E-state index in [0.717, 1.165) is 39.2 Å². The second-order valence-electron chi connectivity index (χ2n) is 7.01. The summed E-state index contributed by atoms with van der Waals surface area (Å²) in [7, 11) is 5.88. The number of aryl methyl sites for hydroxylation is 1. The maximum Gasteiger partial charge on any atom is 0.141 e. The zero-order valence-electron chi connectivity index (χ0n) is 16.0. The SMILES string of the molecule is [B]c1cccc(CN2C=C(C(=C)c3ccccc3C)C(=C)c3ccccc32)n1. The molecule has 0 bridgehead atoms. The molecule has 3 aromatic rings. The summed E-state index contributed by atoms with van der Waals surface area (Å²) >= 11 is 0. The molecule has 1 aromatic heterocycles. The van der Waals surface area contributed by atoms with E-state index < -0.39 is 0 Å². The van der Waals surface area contributed by atoms with E-state index in [1.165, 1.54) is 5.56 Å². The quantitative estimate of drug-likeness (QED) is 0.621. The average molecular weight is 360 g/mol. The van der Waals surface area contributed by atoms with Crippen LogP contribution in [0.4, 0.5) is 5.69 Å². The van der Waals surface area contributed by atoms with E-state index in [2.05, 4.69) is 60.4 Å². The average Bonchev–Trinajstić information content (AvgIpc) is 2.70. The third-order valence-electron chi connectivity index (χ3n) is 5.10. The van der Waals surface area contributed by atoms with Crippen LogP contribution in [0.2, 0.25) is 0 Å². The van der Waals surface area contributed by atoms with E-state index in [9.17, 15) is 0 Å². The van der Waals surface area contributed by atoms with Crippen LogP contribution in [0.25, 0.3) is 11.1 Å². The van der Waals surface area contributed by atoms with Crippen LogP contribution in [0.5, 0.6) is 0 Å². The lowest BCUT2D eigenvalue weighted by molar-refractivity contribution is 0.917. The van der Waals surface area contributed by atoms with E-state index in [0.29, 0.717) is 12.1 Å². The number of rotatable bonds is 4. The van der Waals surface area contributed by atoms with Crippen molar-refractivity contribution in [3.8, 4) is 0 Å². The first-order chi connectivity index (χ1) is 13.5. The Morgan fingerprint density at radius 3 is 2.54 bits per heavy atom. The maximum absolute atomic E-state index is 5.88. The fourth-order valence-electron chi connectivity index (χ4n) is 3.64. The first-order valence-corrected chi connectivity index (χ1v) is 9.28. The van der Waals surface area contributed by atoms with E-state index in [4.69, 9.17) is 7.85 Å². The summed E-state index contributed by atoms with van der Waals surface area (Å²) in [4.78, 5) is 6.66. The summed E-state index contributed by atoms with van der Waals surface area (Å²) in [5, 5.41) is 0. The minimum atomic E-state index is 0.528. The van der Waals surface area contributed by atoms with E-state index in [-0.39, 0.29) is 0 Å². The lowest BCUT2D eigenvalue weighted by atomic mass is 9.86. The molecule has 1 aliphatic heterocycles. The van der Waals surface area contributed by atoms with Crippen LogP contribution in [0.3, 0.4) is 0 Å². The van der Waals surface area contributed by atoms with Gasteiger partial charge in [-0.1, -0.05) is 67.8 Å². The molecule has 1 aliphatic rings. The highest BCUT2D eigenvalue weighted by molar-refractivity contribution is 6.30. The van der Waals surface area contributed by atoms with Gasteiger partial charge in [-0.2, -0.15) is 0 Å². The molecule has 0 saturated heterocycles. The Hall–Kier alpha value is -3.33. The van der Waals surface area contributed by atoms with Crippen LogP contribution in [0.1, 0.15) is 22.4 Å². The molecule has 2 radical (unpaired) electrons. The van der Waals surface area contributed by atoms with Gasteiger partial charge in [0.2, 0.25) is 0 Å². The summed E-state index contributed by atoms with van der Waals surface area (Å²) in [5.41, 5.74) is 9.00. The molecule has 2 aromatic carbocycles. The van der Waals surface area contributed by atoms with Crippen LogP contribution < -0.4 is 10.5 Å². The summed E-state index contributed by atoms with van der Waals surface area (Å²) in [6.07, 6.45) is 2.13. The molecule has 0 atom stereocenters. The van der Waals surface area contributed by atoms with Crippen molar-refractivity contribution in [2.75, 3.05) is 4.90 Å². The van der Waals surface area contributed by atoms with Gasteiger partial charge in [0.15, 0.2) is 0 Å². The number of pyridine rings is 1. The minimum absolute atomic E-state index is 0.528. The molecule has 2 nitrogen and oxygen atoms in total. The topological polar surface area (TPSA) is 16.1 Å². The minimum Gasteiger partial charge on any atom is -0.341 e. The number of fused-ring (bicyclic) bond motifs is 1. The zero-order chi connectivity index (χ0) is 19.7. The van der Waals surface area contributed by atoms with Gasteiger partial charge in [-0.25, -0.2) is 0 Å². The predicted octanol–water partition coefficient (Wildman–Crippen LogP) is 4.81. The summed E-state index contributed by atoms with van der Waals surface area (Å²) in [6, 6.07) is 22.3. The summed E-state index contributed by atoms with van der Waals surface area (Å²) in [5.74, 6) is 0. The standard InChI is InChI=1S/C25H21BN2/c1-17-9-4-5-11-21(17)18(2)23-16-28(15-20-10-8-14-25(26)27-20)24-13-7-6-12-22(24)19(23)3/h4-14,16H,2-3,15H2,1H3.